The lowest BCUT2D eigenvalue weighted by molar-refractivity contribution is -0.134. The molecular formula is C15H26N4O2. The number of piperazine rings is 1. The summed E-state index contributed by atoms with van der Waals surface area (Å²) < 4.78 is 0. The van der Waals surface area contributed by atoms with Crippen molar-refractivity contribution >= 4 is 11.8 Å². The summed E-state index contributed by atoms with van der Waals surface area (Å²) in [5.41, 5.74) is 1.11. The van der Waals surface area contributed by atoms with Crippen LogP contribution in [-0.4, -0.2) is 79.9 Å². The Bertz CT molecular complexity index is 416. The Kier molecular flexibility index (Phi) is 5.76. The number of likely N-dealkylation sites (N-methyl/N-ethyl adjacent to an activating group) is 2. The summed E-state index contributed by atoms with van der Waals surface area (Å²) in [6.45, 7) is 3.81. The van der Waals surface area contributed by atoms with E-state index < -0.39 is 0 Å². The van der Waals surface area contributed by atoms with E-state index in [1.54, 1.807) is 9.80 Å². The number of amides is 2. The Morgan fingerprint density at radius 3 is 2.57 bits per heavy atom. The predicted molar refractivity (Wildman–Crippen MR) is 81.7 cm³/mol. The Morgan fingerprint density at radius 2 is 1.95 bits per heavy atom. The van der Waals surface area contributed by atoms with Crippen LogP contribution in [0.2, 0.25) is 0 Å². The van der Waals surface area contributed by atoms with Crippen LogP contribution in [0.3, 0.4) is 0 Å². The standard InChI is InChI=1S/C15H26N4O2/c1-17(12-15(21)19-9-7-16-8-10-19)11-14(20)18(2)13-5-3-4-6-13/h5,16H,3-4,6-12H2,1-2H3. The molecule has 6 nitrogen and oxygen atoms in total. The lowest BCUT2D eigenvalue weighted by Crippen LogP contribution is -2.50. The summed E-state index contributed by atoms with van der Waals surface area (Å²) in [4.78, 5) is 29.7. The molecule has 0 aromatic rings. The highest BCUT2D eigenvalue weighted by Crippen LogP contribution is 2.20. The summed E-state index contributed by atoms with van der Waals surface area (Å²) in [5, 5.41) is 3.23. The molecule has 1 aliphatic carbocycles. The molecule has 0 radical (unpaired) electrons. The lowest BCUT2D eigenvalue weighted by Gasteiger charge is -2.29. The van der Waals surface area contributed by atoms with Gasteiger partial charge in [0, 0.05) is 38.9 Å². The summed E-state index contributed by atoms with van der Waals surface area (Å²) >= 11 is 0. The molecule has 1 N–H and O–H groups in total. The third kappa shape index (κ3) is 4.54. The van der Waals surface area contributed by atoms with Gasteiger partial charge in [0.05, 0.1) is 13.1 Å². The molecule has 0 aromatic heterocycles. The number of nitrogens with one attached hydrogen (secondary N) is 1. The normalized spacial score (nSPS) is 18.8. The number of rotatable bonds is 5. The molecule has 0 saturated carbocycles. The first-order valence-corrected chi connectivity index (χ1v) is 7.70. The first-order chi connectivity index (χ1) is 10.1. The van der Waals surface area contributed by atoms with Gasteiger partial charge in [-0.15, -0.1) is 0 Å². The zero-order chi connectivity index (χ0) is 15.2. The first-order valence-electron chi connectivity index (χ1n) is 7.70. The minimum Gasteiger partial charge on any atom is -0.339 e. The van der Waals surface area contributed by atoms with E-state index in [1.165, 1.54) is 0 Å². The van der Waals surface area contributed by atoms with Crippen molar-refractivity contribution in [2.45, 2.75) is 19.3 Å². The molecule has 21 heavy (non-hydrogen) atoms. The fraction of sp³-hybridized carbons (Fsp3) is 0.733. The van der Waals surface area contributed by atoms with Gasteiger partial charge in [0.25, 0.3) is 0 Å². The molecule has 0 atom stereocenters. The summed E-state index contributed by atoms with van der Waals surface area (Å²) in [7, 11) is 3.65. The van der Waals surface area contributed by atoms with Crippen molar-refractivity contribution in [3.63, 3.8) is 0 Å². The maximum Gasteiger partial charge on any atom is 0.240 e. The van der Waals surface area contributed by atoms with Crippen molar-refractivity contribution in [2.24, 2.45) is 0 Å². The minimum absolute atomic E-state index is 0.0544. The van der Waals surface area contributed by atoms with Gasteiger partial charge in [0.2, 0.25) is 11.8 Å². The molecule has 1 saturated heterocycles. The predicted octanol–water partition coefficient (Wildman–Crippen LogP) is -0.124. The molecule has 2 rings (SSSR count). The van der Waals surface area contributed by atoms with Gasteiger partial charge >= 0.3 is 0 Å². The summed E-state index contributed by atoms with van der Waals surface area (Å²) in [6.07, 6.45) is 5.30. The van der Waals surface area contributed by atoms with E-state index in [9.17, 15) is 9.59 Å². The van der Waals surface area contributed by atoms with E-state index in [4.69, 9.17) is 0 Å². The molecule has 2 aliphatic rings. The van der Waals surface area contributed by atoms with E-state index in [1.807, 2.05) is 19.0 Å². The zero-order valence-corrected chi connectivity index (χ0v) is 13.1. The molecule has 0 spiro atoms. The molecule has 6 heteroatoms. The SMILES string of the molecule is CN(CC(=O)N1CCNCC1)CC(=O)N(C)C1=CCCC1. The van der Waals surface area contributed by atoms with Gasteiger partial charge in [-0.3, -0.25) is 14.5 Å². The first kappa shape index (κ1) is 16.0. The number of nitrogens with zero attached hydrogens (tertiary/aromatic N) is 3. The van der Waals surface area contributed by atoms with Gasteiger partial charge in [-0.25, -0.2) is 0 Å². The third-order valence-electron chi connectivity index (χ3n) is 4.10. The molecule has 118 valence electrons. The van der Waals surface area contributed by atoms with Gasteiger partial charge in [0.1, 0.15) is 0 Å². The van der Waals surface area contributed by atoms with Crippen LogP contribution < -0.4 is 5.32 Å². The topological polar surface area (TPSA) is 55.9 Å². The maximum absolute atomic E-state index is 12.2. The average molecular weight is 294 g/mol. The molecule has 0 bridgehead atoms. The van der Waals surface area contributed by atoms with Crippen molar-refractivity contribution < 1.29 is 9.59 Å². The van der Waals surface area contributed by atoms with Gasteiger partial charge in [-0.05, 0) is 26.3 Å². The molecular weight excluding hydrogens is 268 g/mol. The van der Waals surface area contributed by atoms with Gasteiger partial charge in [0.15, 0.2) is 0 Å². The Morgan fingerprint density at radius 1 is 1.24 bits per heavy atom. The molecule has 0 unspecified atom stereocenters. The maximum atomic E-state index is 12.2. The highest BCUT2D eigenvalue weighted by atomic mass is 16.2. The Hall–Kier alpha value is -1.40. The minimum atomic E-state index is 0.0544. The van der Waals surface area contributed by atoms with Crippen LogP contribution in [0, 0.1) is 0 Å². The van der Waals surface area contributed by atoms with Crippen molar-refractivity contribution in [1.29, 1.82) is 0 Å². The fourth-order valence-electron chi connectivity index (χ4n) is 2.76. The van der Waals surface area contributed by atoms with E-state index >= 15 is 0 Å². The van der Waals surface area contributed by atoms with Crippen molar-refractivity contribution in [2.75, 3.05) is 53.4 Å². The van der Waals surface area contributed by atoms with Gasteiger partial charge in [-0.1, -0.05) is 6.08 Å². The lowest BCUT2D eigenvalue weighted by atomic mass is 10.3. The van der Waals surface area contributed by atoms with Crippen molar-refractivity contribution in [1.82, 2.24) is 20.0 Å². The van der Waals surface area contributed by atoms with Crippen LogP contribution in [0.5, 0.6) is 0 Å². The van der Waals surface area contributed by atoms with E-state index in [2.05, 4.69) is 11.4 Å². The number of hydrogen-bond acceptors (Lipinski definition) is 4. The average Bonchev–Trinajstić information content (AvgIpc) is 3.01. The van der Waals surface area contributed by atoms with Crippen molar-refractivity contribution in [3.8, 4) is 0 Å². The van der Waals surface area contributed by atoms with Crippen molar-refractivity contribution in [3.05, 3.63) is 11.8 Å². The zero-order valence-electron chi connectivity index (χ0n) is 13.1. The largest absolute Gasteiger partial charge is 0.339 e. The third-order valence-corrected chi connectivity index (χ3v) is 4.10. The van der Waals surface area contributed by atoms with Gasteiger partial charge in [-0.2, -0.15) is 0 Å². The highest BCUT2D eigenvalue weighted by molar-refractivity contribution is 5.82. The van der Waals surface area contributed by atoms with Crippen LogP contribution in [0.1, 0.15) is 19.3 Å². The molecule has 2 amide bonds. The smallest absolute Gasteiger partial charge is 0.240 e. The Balaban J connectivity index is 1.76. The van der Waals surface area contributed by atoms with E-state index in [0.717, 1.165) is 51.1 Å². The van der Waals surface area contributed by atoms with Crippen LogP contribution in [0.4, 0.5) is 0 Å². The monoisotopic (exact) mass is 294 g/mol. The van der Waals surface area contributed by atoms with Crippen LogP contribution in [-0.2, 0) is 9.59 Å². The quantitative estimate of drug-likeness (QED) is 0.768. The van der Waals surface area contributed by atoms with Crippen LogP contribution >= 0.6 is 0 Å². The van der Waals surface area contributed by atoms with E-state index in [-0.39, 0.29) is 18.4 Å². The number of carbonyl (C=O) groups excluding carboxylic acids is 2. The second-order valence-electron chi connectivity index (χ2n) is 5.84. The second-order valence-corrected chi connectivity index (χ2v) is 5.84. The summed E-state index contributed by atoms with van der Waals surface area (Å²) in [5.74, 6) is 0.160. The van der Waals surface area contributed by atoms with Gasteiger partial charge < -0.3 is 15.1 Å². The second kappa shape index (κ2) is 7.56. The summed E-state index contributed by atoms with van der Waals surface area (Å²) in [6, 6.07) is 0. The van der Waals surface area contributed by atoms with Crippen LogP contribution in [0.15, 0.2) is 11.8 Å². The number of allylic oxidation sites excluding steroid dienone is 2. The molecule has 1 fully saturated rings. The number of carbonyl (C=O) groups is 2. The molecule has 0 aromatic carbocycles. The highest BCUT2D eigenvalue weighted by Gasteiger charge is 2.21. The fourth-order valence-corrected chi connectivity index (χ4v) is 2.76. The Labute approximate surface area is 126 Å². The van der Waals surface area contributed by atoms with E-state index in [0.29, 0.717) is 6.54 Å². The van der Waals surface area contributed by atoms with Crippen LogP contribution in [0.25, 0.3) is 0 Å². The number of hydrogen-bond donors (Lipinski definition) is 1. The molecule has 1 heterocycles. The molecule has 1 aliphatic heterocycles.